The van der Waals surface area contributed by atoms with E-state index in [2.05, 4.69) is 0 Å². The van der Waals surface area contributed by atoms with Gasteiger partial charge in [-0.1, -0.05) is 24.3 Å². The van der Waals surface area contributed by atoms with Gasteiger partial charge in [0.2, 0.25) is 5.91 Å². The van der Waals surface area contributed by atoms with Crippen LogP contribution in [0.3, 0.4) is 0 Å². The fraction of sp³-hybridized carbons (Fsp3) is 0.176. The molecule has 1 aliphatic heterocycles. The minimum absolute atomic E-state index is 0.0366. The number of non-ortho nitro benzene ring substituents is 1. The van der Waals surface area contributed by atoms with E-state index in [1.165, 1.54) is 28.8 Å². The Bertz CT molecular complexity index is 854. The maximum Gasteiger partial charge on any atom is 0.323 e. The predicted molar refractivity (Wildman–Crippen MR) is 92.7 cm³/mol. The minimum atomic E-state index is -1.10. The number of aliphatic carboxylic acids is 1. The van der Waals surface area contributed by atoms with Gasteiger partial charge in [0.25, 0.3) is 5.69 Å². The van der Waals surface area contributed by atoms with Crippen molar-refractivity contribution >= 4 is 35.0 Å². The lowest BCUT2D eigenvalue weighted by Gasteiger charge is -2.20. The first-order valence-corrected chi connectivity index (χ1v) is 8.36. The van der Waals surface area contributed by atoms with Crippen molar-refractivity contribution in [2.45, 2.75) is 16.6 Å². The van der Waals surface area contributed by atoms with Gasteiger partial charge in [-0.25, -0.2) is 0 Å². The Morgan fingerprint density at radius 3 is 2.76 bits per heavy atom. The highest BCUT2D eigenvalue weighted by Crippen LogP contribution is 2.45. The van der Waals surface area contributed by atoms with Crippen molar-refractivity contribution in [3.05, 3.63) is 64.2 Å². The van der Waals surface area contributed by atoms with Gasteiger partial charge in [0.15, 0.2) is 0 Å². The molecular weight excluding hydrogens is 344 g/mol. The molecule has 1 atom stereocenters. The molecule has 0 bridgehead atoms. The van der Waals surface area contributed by atoms with Gasteiger partial charge in [0, 0.05) is 28.7 Å². The summed E-state index contributed by atoms with van der Waals surface area (Å²) in [5, 5.41) is 19.8. The van der Waals surface area contributed by atoms with E-state index in [1.807, 2.05) is 12.1 Å². The molecule has 0 aliphatic carbocycles. The van der Waals surface area contributed by atoms with Crippen molar-refractivity contribution in [2.75, 3.05) is 11.4 Å². The van der Waals surface area contributed by atoms with Gasteiger partial charge in [-0.2, -0.15) is 0 Å². The third kappa shape index (κ3) is 3.63. The molecular formula is C17H14N2O5S. The van der Waals surface area contributed by atoms with E-state index in [0.717, 1.165) is 4.90 Å². The highest BCUT2D eigenvalue weighted by molar-refractivity contribution is 7.99. The number of rotatable bonds is 4. The van der Waals surface area contributed by atoms with Gasteiger partial charge in [0.05, 0.1) is 10.6 Å². The van der Waals surface area contributed by atoms with Gasteiger partial charge in [0.1, 0.15) is 6.54 Å². The van der Waals surface area contributed by atoms with E-state index < -0.39 is 17.4 Å². The van der Waals surface area contributed by atoms with Crippen LogP contribution in [0.2, 0.25) is 0 Å². The van der Waals surface area contributed by atoms with Crippen molar-refractivity contribution in [1.82, 2.24) is 0 Å². The Labute approximate surface area is 147 Å². The number of hydrogen-bond acceptors (Lipinski definition) is 5. The van der Waals surface area contributed by atoms with Crippen LogP contribution in [0.15, 0.2) is 53.4 Å². The summed E-state index contributed by atoms with van der Waals surface area (Å²) in [7, 11) is 0. The van der Waals surface area contributed by atoms with Crippen LogP contribution < -0.4 is 4.90 Å². The summed E-state index contributed by atoms with van der Waals surface area (Å²) >= 11 is 1.41. The molecule has 0 saturated heterocycles. The maximum absolute atomic E-state index is 12.6. The van der Waals surface area contributed by atoms with E-state index in [9.17, 15) is 19.7 Å². The van der Waals surface area contributed by atoms with Crippen molar-refractivity contribution < 1.29 is 19.6 Å². The number of carboxylic acids is 1. The van der Waals surface area contributed by atoms with Crippen LogP contribution in [0.4, 0.5) is 11.4 Å². The van der Waals surface area contributed by atoms with Crippen molar-refractivity contribution in [3.8, 4) is 0 Å². The molecule has 7 nitrogen and oxygen atoms in total. The second kappa shape index (κ2) is 6.94. The minimum Gasteiger partial charge on any atom is -0.480 e. The SMILES string of the molecule is O=C(O)CN1C(=O)CC(c2cccc([N+](=O)[O-])c2)Sc2ccccc21. The summed E-state index contributed by atoms with van der Waals surface area (Å²) < 4.78 is 0. The quantitative estimate of drug-likeness (QED) is 0.665. The number of fused-ring (bicyclic) bond motifs is 1. The summed E-state index contributed by atoms with van der Waals surface area (Å²) in [6.07, 6.45) is 0.0633. The lowest BCUT2D eigenvalue weighted by Crippen LogP contribution is -2.35. The molecule has 2 aromatic rings. The number of nitrogens with zero attached hydrogens (tertiary/aromatic N) is 2. The van der Waals surface area contributed by atoms with Crippen LogP contribution in [0.1, 0.15) is 17.2 Å². The highest BCUT2D eigenvalue weighted by atomic mass is 32.2. The number of hydrogen-bond donors (Lipinski definition) is 1. The number of carboxylic acid groups (broad SMARTS) is 1. The zero-order chi connectivity index (χ0) is 18.0. The van der Waals surface area contributed by atoms with Crippen LogP contribution in [0, 0.1) is 10.1 Å². The predicted octanol–water partition coefficient (Wildman–Crippen LogP) is 3.25. The van der Waals surface area contributed by atoms with E-state index in [4.69, 9.17) is 5.11 Å². The van der Waals surface area contributed by atoms with Gasteiger partial charge >= 0.3 is 5.97 Å². The van der Waals surface area contributed by atoms with Crippen LogP contribution >= 0.6 is 11.8 Å². The third-order valence-electron chi connectivity index (χ3n) is 3.83. The van der Waals surface area contributed by atoms with E-state index in [-0.39, 0.29) is 23.3 Å². The summed E-state index contributed by atoms with van der Waals surface area (Å²) in [4.78, 5) is 36.3. The molecule has 25 heavy (non-hydrogen) atoms. The molecule has 0 radical (unpaired) electrons. The summed E-state index contributed by atoms with van der Waals surface area (Å²) in [6, 6.07) is 13.3. The standard InChI is InChI=1S/C17H14N2O5S/c20-16-9-15(11-4-3-5-12(8-11)19(23)24)25-14-7-2-1-6-13(14)18(16)10-17(21)22/h1-8,15H,9-10H2,(H,21,22). The molecule has 1 amide bonds. The Morgan fingerprint density at radius 1 is 1.28 bits per heavy atom. The van der Waals surface area contributed by atoms with Gasteiger partial charge in [-0.05, 0) is 17.7 Å². The van der Waals surface area contributed by atoms with Crippen LogP contribution in [-0.2, 0) is 9.59 Å². The Morgan fingerprint density at radius 2 is 2.04 bits per heavy atom. The first kappa shape index (κ1) is 17.0. The third-order valence-corrected chi connectivity index (χ3v) is 5.16. The van der Waals surface area contributed by atoms with Crippen LogP contribution in [0.5, 0.6) is 0 Å². The van der Waals surface area contributed by atoms with Gasteiger partial charge in [-0.3, -0.25) is 19.7 Å². The number of nitro groups is 1. The summed E-state index contributed by atoms with van der Waals surface area (Å²) in [5.41, 5.74) is 1.18. The molecule has 128 valence electrons. The number of carbonyl (C=O) groups is 2. The second-order valence-electron chi connectivity index (χ2n) is 5.50. The van der Waals surface area contributed by atoms with E-state index in [0.29, 0.717) is 11.3 Å². The normalized spacial score (nSPS) is 16.9. The molecule has 0 aromatic heterocycles. The molecule has 0 fully saturated rings. The molecule has 1 N–H and O–H groups in total. The summed E-state index contributed by atoms with van der Waals surface area (Å²) in [6.45, 7) is -0.419. The van der Waals surface area contributed by atoms with Gasteiger partial charge in [-0.15, -0.1) is 11.8 Å². The van der Waals surface area contributed by atoms with Crippen molar-refractivity contribution in [3.63, 3.8) is 0 Å². The molecule has 1 aliphatic rings. The second-order valence-corrected chi connectivity index (χ2v) is 6.75. The zero-order valence-corrected chi connectivity index (χ0v) is 13.8. The molecule has 2 aromatic carbocycles. The average molecular weight is 358 g/mol. The first-order chi connectivity index (χ1) is 12.0. The maximum atomic E-state index is 12.6. The monoisotopic (exact) mass is 358 g/mol. The molecule has 0 saturated carbocycles. The number of nitro benzene ring substituents is 1. The number of carbonyl (C=O) groups excluding carboxylic acids is 1. The molecule has 3 rings (SSSR count). The number of para-hydroxylation sites is 1. The Balaban J connectivity index is 2.01. The number of thioether (sulfide) groups is 1. The van der Waals surface area contributed by atoms with Crippen LogP contribution in [-0.4, -0.2) is 28.5 Å². The molecule has 1 unspecified atom stereocenters. The fourth-order valence-electron chi connectivity index (χ4n) is 2.71. The first-order valence-electron chi connectivity index (χ1n) is 7.48. The topological polar surface area (TPSA) is 101 Å². The average Bonchev–Trinajstić information content (AvgIpc) is 2.72. The zero-order valence-electron chi connectivity index (χ0n) is 13.0. The van der Waals surface area contributed by atoms with E-state index >= 15 is 0 Å². The van der Waals surface area contributed by atoms with Crippen LogP contribution in [0.25, 0.3) is 0 Å². The lowest BCUT2D eigenvalue weighted by molar-refractivity contribution is -0.384. The summed E-state index contributed by atoms with van der Waals surface area (Å²) in [5.74, 6) is -1.42. The molecule has 0 spiro atoms. The highest BCUT2D eigenvalue weighted by Gasteiger charge is 2.30. The van der Waals surface area contributed by atoms with Crippen molar-refractivity contribution in [2.24, 2.45) is 0 Å². The largest absolute Gasteiger partial charge is 0.480 e. The number of benzene rings is 2. The molecule has 8 heteroatoms. The van der Waals surface area contributed by atoms with E-state index in [1.54, 1.807) is 24.3 Å². The van der Waals surface area contributed by atoms with Gasteiger partial charge < -0.3 is 10.0 Å². The lowest BCUT2D eigenvalue weighted by atomic mass is 10.1. The smallest absolute Gasteiger partial charge is 0.323 e. The molecule has 1 heterocycles. The Kier molecular flexibility index (Phi) is 4.71. The van der Waals surface area contributed by atoms with Crippen molar-refractivity contribution in [1.29, 1.82) is 0 Å². The Hall–Kier alpha value is -2.87. The number of anilines is 1. The fourth-order valence-corrected chi connectivity index (χ4v) is 3.98. The number of amides is 1.